The number of carbonyl (C=O) groups excluding carboxylic acids is 1. The number of esters is 1. The quantitative estimate of drug-likeness (QED) is 0.443. The van der Waals surface area contributed by atoms with Gasteiger partial charge in [0.15, 0.2) is 0 Å². The summed E-state index contributed by atoms with van der Waals surface area (Å²) < 4.78 is 5.27. The third-order valence-electron chi connectivity index (χ3n) is 6.12. The second kappa shape index (κ2) is 11.6. The number of phenolic OH excluding ortho intramolecular Hbond substituents is 1. The molecular weight excluding hydrogens is 364 g/mol. The Morgan fingerprint density at radius 2 is 1.52 bits per heavy atom. The summed E-state index contributed by atoms with van der Waals surface area (Å²) in [5.74, 6) is 0.387. The van der Waals surface area contributed by atoms with Gasteiger partial charge in [-0.15, -0.1) is 0 Å². The third-order valence-corrected chi connectivity index (χ3v) is 6.12. The van der Waals surface area contributed by atoms with Crippen LogP contribution in [0.3, 0.4) is 0 Å². The van der Waals surface area contributed by atoms with Gasteiger partial charge in [-0.3, -0.25) is 14.6 Å². The largest absolute Gasteiger partial charge is 0.507 e. The van der Waals surface area contributed by atoms with E-state index >= 15 is 0 Å². The smallest absolute Gasteiger partial charge is 0.305 e. The van der Waals surface area contributed by atoms with Crippen LogP contribution in [0.2, 0.25) is 0 Å². The van der Waals surface area contributed by atoms with Crippen LogP contribution < -0.4 is 0 Å². The number of benzene rings is 1. The van der Waals surface area contributed by atoms with Gasteiger partial charge in [-0.1, -0.05) is 25.5 Å². The van der Waals surface area contributed by atoms with Gasteiger partial charge in [0.25, 0.3) is 0 Å². The fourth-order valence-corrected chi connectivity index (χ4v) is 4.42. The molecule has 0 aliphatic carbocycles. The first-order chi connectivity index (χ1) is 14.2. The number of nitrogens with zero attached hydrogens (tertiary/aromatic N) is 2. The Morgan fingerprint density at radius 3 is 2.03 bits per heavy atom. The molecule has 29 heavy (non-hydrogen) atoms. The van der Waals surface area contributed by atoms with E-state index in [9.17, 15) is 9.90 Å². The second-order valence-corrected chi connectivity index (χ2v) is 8.66. The Labute approximate surface area is 176 Å². The van der Waals surface area contributed by atoms with Crippen molar-refractivity contribution in [2.24, 2.45) is 0 Å². The molecule has 5 nitrogen and oxygen atoms in total. The van der Waals surface area contributed by atoms with E-state index in [2.05, 4.69) is 28.9 Å². The summed E-state index contributed by atoms with van der Waals surface area (Å²) in [5.41, 5.74) is 3.32. The molecule has 1 aromatic carbocycles. The first kappa shape index (κ1) is 22.1. The summed E-state index contributed by atoms with van der Waals surface area (Å²) in [6.07, 6.45) is 9.09. The number of rotatable bonds is 11. The fraction of sp³-hybridized carbons (Fsp3) is 0.708. The highest BCUT2D eigenvalue weighted by Gasteiger charge is 2.19. The molecule has 0 bridgehead atoms. The van der Waals surface area contributed by atoms with Crippen LogP contribution in [0.25, 0.3) is 0 Å². The SMILES string of the molecule is CCCCOC(=O)CCCc1cc(CN2CCCC2)c(O)c(CN2CCCC2)c1. The lowest BCUT2D eigenvalue weighted by molar-refractivity contribution is -0.143. The lowest BCUT2D eigenvalue weighted by Crippen LogP contribution is -2.21. The predicted molar refractivity (Wildman–Crippen MR) is 116 cm³/mol. The van der Waals surface area contributed by atoms with Crippen molar-refractivity contribution in [2.45, 2.75) is 77.8 Å². The van der Waals surface area contributed by atoms with Crippen LogP contribution in [0.5, 0.6) is 5.75 Å². The standard InChI is InChI=1S/C24H38N2O3/c1-2-3-15-29-23(27)10-8-9-20-16-21(18-25-11-4-5-12-25)24(28)22(17-20)19-26-13-6-7-14-26/h16-17,28H,2-15,18-19H2,1H3. The molecule has 0 radical (unpaired) electrons. The van der Waals surface area contributed by atoms with Gasteiger partial charge in [0.1, 0.15) is 5.75 Å². The Morgan fingerprint density at radius 1 is 0.966 bits per heavy atom. The summed E-state index contributed by atoms with van der Waals surface area (Å²) in [6, 6.07) is 4.31. The number of likely N-dealkylation sites (tertiary alicyclic amines) is 2. The van der Waals surface area contributed by atoms with E-state index in [0.29, 0.717) is 18.8 Å². The van der Waals surface area contributed by atoms with Crippen LogP contribution in [0.15, 0.2) is 12.1 Å². The number of hydrogen-bond donors (Lipinski definition) is 1. The molecular formula is C24H38N2O3. The Bertz CT molecular complexity index is 611. The molecule has 5 heteroatoms. The number of phenols is 1. The van der Waals surface area contributed by atoms with Gasteiger partial charge in [0.05, 0.1) is 6.61 Å². The zero-order valence-corrected chi connectivity index (χ0v) is 18.1. The number of hydrogen-bond acceptors (Lipinski definition) is 5. The highest BCUT2D eigenvalue weighted by Crippen LogP contribution is 2.30. The monoisotopic (exact) mass is 402 g/mol. The van der Waals surface area contributed by atoms with Crippen LogP contribution in [-0.2, 0) is 29.0 Å². The summed E-state index contributed by atoms with van der Waals surface area (Å²) >= 11 is 0. The van der Waals surface area contributed by atoms with Crippen LogP contribution in [0, 0.1) is 0 Å². The molecule has 0 spiro atoms. The minimum atomic E-state index is -0.0909. The number of unbranched alkanes of at least 4 members (excludes halogenated alkanes) is 1. The lowest BCUT2D eigenvalue weighted by atomic mass is 9.99. The maximum atomic E-state index is 11.9. The van der Waals surface area contributed by atoms with Gasteiger partial charge >= 0.3 is 5.97 Å². The third kappa shape index (κ3) is 7.00. The molecule has 2 fully saturated rings. The normalized spacial score (nSPS) is 17.8. The molecule has 2 saturated heterocycles. The van der Waals surface area contributed by atoms with Gasteiger partial charge in [-0.2, -0.15) is 0 Å². The predicted octanol–water partition coefficient (Wildman–Crippen LogP) is 4.25. The lowest BCUT2D eigenvalue weighted by Gasteiger charge is -2.21. The Hall–Kier alpha value is -1.59. The summed E-state index contributed by atoms with van der Waals surface area (Å²) in [6.45, 7) is 8.76. The topological polar surface area (TPSA) is 53.0 Å². The molecule has 0 saturated carbocycles. The minimum absolute atomic E-state index is 0.0909. The van der Waals surface area contributed by atoms with Crippen LogP contribution in [0.1, 0.15) is 75.0 Å². The molecule has 0 unspecified atom stereocenters. The molecule has 3 rings (SSSR count). The fourth-order valence-electron chi connectivity index (χ4n) is 4.42. The van der Waals surface area contributed by atoms with Gasteiger partial charge in [-0.05, 0) is 76.7 Å². The average Bonchev–Trinajstić information content (AvgIpc) is 3.40. The highest BCUT2D eigenvalue weighted by atomic mass is 16.5. The molecule has 162 valence electrons. The molecule has 2 heterocycles. The van der Waals surface area contributed by atoms with Crippen LogP contribution in [-0.4, -0.2) is 53.7 Å². The first-order valence-corrected chi connectivity index (χ1v) is 11.6. The van der Waals surface area contributed by atoms with Crippen molar-refractivity contribution in [3.63, 3.8) is 0 Å². The maximum Gasteiger partial charge on any atom is 0.305 e. The van der Waals surface area contributed by atoms with Crippen molar-refractivity contribution >= 4 is 5.97 Å². The zero-order chi connectivity index (χ0) is 20.5. The van der Waals surface area contributed by atoms with E-state index in [-0.39, 0.29) is 5.97 Å². The van der Waals surface area contributed by atoms with Crippen molar-refractivity contribution in [3.8, 4) is 5.75 Å². The van der Waals surface area contributed by atoms with E-state index in [1.54, 1.807) is 0 Å². The zero-order valence-electron chi connectivity index (χ0n) is 18.1. The number of aryl methyl sites for hydroxylation is 1. The molecule has 2 aliphatic heterocycles. The average molecular weight is 403 g/mol. The molecule has 1 aromatic rings. The molecule has 0 aromatic heterocycles. The summed E-state index contributed by atoms with van der Waals surface area (Å²) in [7, 11) is 0. The summed E-state index contributed by atoms with van der Waals surface area (Å²) in [5, 5.41) is 10.9. The van der Waals surface area contributed by atoms with Crippen molar-refractivity contribution in [1.82, 2.24) is 9.80 Å². The molecule has 0 atom stereocenters. The van der Waals surface area contributed by atoms with Gasteiger partial charge in [0, 0.05) is 30.6 Å². The van der Waals surface area contributed by atoms with E-state index in [1.807, 2.05) is 0 Å². The van der Waals surface area contributed by atoms with Gasteiger partial charge < -0.3 is 9.84 Å². The minimum Gasteiger partial charge on any atom is -0.507 e. The molecule has 1 N–H and O–H groups in total. The molecule has 0 amide bonds. The van der Waals surface area contributed by atoms with Gasteiger partial charge in [-0.25, -0.2) is 0 Å². The van der Waals surface area contributed by atoms with E-state index in [4.69, 9.17) is 4.74 Å². The van der Waals surface area contributed by atoms with Crippen molar-refractivity contribution < 1.29 is 14.6 Å². The first-order valence-electron chi connectivity index (χ1n) is 11.6. The van der Waals surface area contributed by atoms with Crippen LogP contribution in [0.4, 0.5) is 0 Å². The second-order valence-electron chi connectivity index (χ2n) is 8.66. The number of aromatic hydroxyl groups is 1. The number of ether oxygens (including phenoxy) is 1. The van der Waals surface area contributed by atoms with E-state index in [0.717, 1.165) is 76.1 Å². The van der Waals surface area contributed by atoms with Crippen molar-refractivity contribution in [2.75, 3.05) is 32.8 Å². The van der Waals surface area contributed by atoms with Crippen LogP contribution >= 0.6 is 0 Å². The van der Waals surface area contributed by atoms with Gasteiger partial charge in [0.2, 0.25) is 0 Å². The van der Waals surface area contributed by atoms with Crippen molar-refractivity contribution in [1.29, 1.82) is 0 Å². The maximum absolute atomic E-state index is 11.9. The van der Waals surface area contributed by atoms with E-state index < -0.39 is 0 Å². The van der Waals surface area contributed by atoms with E-state index in [1.165, 1.54) is 31.2 Å². The highest BCUT2D eigenvalue weighted by molar-refractivity contribution is 5.69. The summed E-state index contributed by atoms with van der Waals surface area (Å²) in [4.78, 5) is 16.7. The Balaban J connectivity index is 1.63. The Kier molecular flexibility index (Phi) is 8.81. The van der Waals surface area contributed by atoms with Crippen molar-refractivity contribution in [3.05, 3.63) is 28.8 Å². The molecule has 2 aliphatic rings. The number of carbonyl (C=O) groups is 1.